The number of anilines is 3. The predicted molar refractivity (Wildman–Crippen MR) is 239 cm³/mol. The van der Waals surface area contributed by atoms with Crippen molar-refractivity contribution in [3.63, 3.8) is 0 Å². The van der Waals surface area contributed by atoms with Crippen molar-refractivity contribution in [2.45, 2.75) is 0 Å². The van der Waals surface area contributed by atoms with Crippen LogP contribution in [0.2, 0.25) is 0 Å². The van der Waals surface area contributed by atoms with E-state index >= 15 is 0 Å². The summed E-state index contributed by atoms with van der Waals surface area (Å²) in [4.78, 5) is 2.31. The minimum atomic E-state index is 0.836. The van der Waals surface area contributed by atoms with Crippen molar-refractivity contribution in [3.8, 4) is 33.4 Å². The van der Waals surface area contributed by atoms with E-state index in [4.69, 9.17) is 13.3 Å². The molecule has 4 heteroatoms. The molecule has 0 spiro atoms. The molecule has 4 nitrogen and oxygen atoms in total. The number of benzene rings is 9. The van der Waals surface area contributed by atoms with Gasteiger partial charge in [-0.1, -0.05) is 115 Å². The van der Waals surface area contributed by atoms with E-state index < -0.39 is 0 Å². The molecule has 12 aromatic rings. The number of fused-ring (bicyclic) bond motifs is 9. The Bertz CT molecular complexity index is 3520. The van der Waals surface area contributed by atoms with Crippen LogP contribution in [-0.4, -0.2) is 0 Å². The van der Waals surface area contributed by atoms with Gasteiger partial charge >= 0.3 is 0 Å². The molecular formula is C54H33NO3. The fraction of sp³-hybridized carbons (Fsp3) is 0. The summed E-state index contributed by atoms with van der Waals surface area (Å²) in [7, 11) is 0. The van der Waals surface area contributed by atoms with Crippen LogP contribution in [0.4, 0.5) is 17.1 Å². The van der Waals surface area contributed by atoms with Gasteiger partial charge in [-0.05, 0) is 118 Å². The van der Waals surface area contributed by atoms with Crippen LogP contribution in [0.1, 0.15) is 0 Å². The summed E-state index contributed by atoms with van der Waals surface area (Å²) >= 11 is 0. The monoisotopic (exact) mass is 743 g/mol. The Balaban J connectivity index is 0.982. The van der Waals surface area contributed by atoms with E-state index in [0.717, 1.165) is 105 Å². The number of hydrogen-bond acceptors (Lipinski definition) is 4. The zero-order valence-electron chi connectivity index (χ0n) is 31.2. The molecule has 0 amide bonds. The van der Waals surface area contributed by atoms with Crippen LogP contribution in [0.3, 0.4) is 0 Å². The number of rotatable bonds is 6. The topological polar surface area (TPSA) is 42.7 Å². The van der Waals surface area contributed by atoms with E-state index in [0.29, 0.717) is 0 Å². The van der Waals surface area contributed by atoms with Crippen LogP contribution in [-0.2, 0) is 0 Å². The molecular weight excluding hydrogens is 711 g/mol. The van der Waals surface area contributed by atoms with Crippen molar-refractivity contribution < 1.29 is 13.3 Å². The molecule has 0 bridgehead atoms. The van der Waals surface area contributed by atoms with Crippen LogP contribution < -0.4 is 4.90 Å². The standard InChI is InChI=1S/C54H33NO3/c1-3-12-34(13-4-1)35-14-9-17-39(30-35)55(38-15-5-2-6-16-38)40-26-29-48-46(33-40)45-28-25-37(32-52(45)57-48)42-20-11-23-50-54(42)53-41(19-10-22-49(53)58-50)36-24-27-44-43-18-7-8-21-47(43)56-51(44)31-36/h1-33H. The minimum absolute atomic E-state index is 0.836. The summed E-state index contributed by atoms with van der Waals surface area (Å²) in [6, 6.07) is 70.2. The van der Waals surface area contributed by atoms with Crippen LogP contribution in [0.15, 0.2) is 213 Å². The highest BCUT2D eigenvalue weighted by molar-refractivity contribution is 6.19. The lowest BCUT2D eigenvalue weighted by molar-refractivity contribution is 0.668. The lowest BCUT2D eigenvalue weighted by Gasteiger charge is -2.26. The number of furan rings is 3. The van der Waals surface area contributed by atoms with E-state index in [9.17, 15) is 0 Å². The average Bonchev–Trinajstić information content (AvgIpc) is 3.98. The fourth-order valence-corrected chi connectivity index (χ4v) is 8.79. The maximum atomic E-state index is 6.63. The van der Waals surface area contributed by atoms with Gasteiger partial charge in [-0.25, -0.2) is 0 Å². The van der Waals surface area contributed by atoms with Gasteiger partial charge in [-0.3, -0.25) is 0 Å². The van der Waals surface area contributed by atoms with E-state index in [1.54, 1.807) is 0 Å². The van der Waals surface area contributed by atoms with Gasteiger partial charge in [0.25, 0.3) is 0 Å². The summed E-state index contributed by atoms with van der Waals surface area (Å²) in [6.07, 6.45) is 0. The molecule has 0 N–H and O–H groups in total. The third kappa shape index (κ3) is 5.16. The summed E-state index contributed by atoms with van der Waals surface area (Å²) in [5.41, 5.74) is 15.0. The maximum absolute atomic E-state index is 6.63. The summed E-state index contributed by atoms with van der Waals surface area (Å²) in [5.74, 6) is 0. The SMILES string of the molecule is c1ccc(-c2cccc(N(c3ccccc3)c3ccc4oc5cc(-c6cccc7oc8cccc(-c9ccc%10c(c9)oc9ccccc9%10)c8c67)ccc5c4c3)c2)cc1. The average molecular weight is 744 g/mol. The van der Waals surface area contributed by atoms with Crippen molar-refractivity contribution in [1.29, 1.82) is 0 Å². The van der Waals surface area contributed by atoms with Gasteiger partial charge in [0, 0.05) is 49.4 Å². The van der Waals surface area contributed by atoms with Crippen LogP contribution >= 0.6 is 0 Å². The van der Waals surface area contributed by atoms with Crippen molar-refractivity contribution >= 4 is 82.9 Å². The molecule has 0 fully saturated rings. The number of nitrogens with zero attached hydrogens (tertiary/aromatic N) is 1. The zero-order valence-corrected chi connectivity index (χ0v) is 31.2. The van der Waals surface area contributed by atoms with Crippen molar-refractivity contribution in [2.24, 2.45) is 0 Å². The highest BCUT2D eigenvalue weighted by Crippen LogP contribution is 2.45. The molecule has 0 aliphatic rings. The fourth-order valence-electron chi connectivity index (χ4n) is 8.79. The molecule has 0 atom stereocenters. The van der Waals surface area contributed by atoms with Gasteiger partial charge in [0.15, 0.2) is 0 Å². The van der Waals surface area contributed by atoms with Gasteiger partial charge in [0.1, 0.15) is 33.5 Å². The molecule has 9 aromatic carbocycles. The molecule has 3 heterocycles. The second kappa shape index (κ2) is 12.9. The first kappa shape index (κ1) is 32.4. The molecule has 0 aliphatic heterocycles. The van der Waals surface area contributed by atoms with Gasteiger partial charge in [-0.2, -0.15) is 0 Å². The smallest absolute Gasteiger partial charge is 0.136 e. The Hall–Kier alpha value is -7.82. The van der Waals surface area contributed by atoms with Gasteiger partial charge < -0.3 is 18.2 Å². The summed E-state index contributed by atoms with van der Waals surface area (Å²) in [6.45, 7) is 0. The van der Waals surface area contributed by atoms with E-state index in [1.165, 1.54) is 11.1 Å². The van der Waals surface area contributed by atoms with E-state index in [-0.39, 0.29) is 0 Å². The van der Waals surface area contributed by atoms with Gasteiger partial charge in [0.2, 0.25) is 0 Å². The molecule has 0 saturated carbocycles. The van der Waals surface area contributed by atoms with Crippen molar-refractivity contribution in [2.75, 3.05) is 4.90 Å². The molecule has 3 aromatic heterocycles. The van der Waals surface area contributed by atoms with Gasteiger partial charge in [-0.15, -0.1) is 0 Å². The maximum Gasteiger partial charge on any atom is 0.136 e. The number of hydrogen-bond donors (Lipinski definition) is 0. The molecule has 0 unspecified atom stereocenters. The second-order valence-electron chi connectivity index (χ2n) is 14.8. The quantitative estimate of drug-likeness (QED) is 0.170. The third-order valence-electron chi connectivity index (χ3n) is 11.5. The Morgan fingerprint density at radius 1 is 0.259 bits per heavy atom. The van der Waals surface area contributed by atoms with Crippen LogP contribution in [0, 0.1) is 0 Å². The molecule has 58 heavy (non-hydrogen) atoms. The van der Waals surface area contributed by atoms with Crippen LogP contribution in [0.25, 0.3) is 99.2 Å². The second-order valence-corrected chi connectivity index (χ2v) is 14.8. The molecule has 272 valence electrons. The van der Waals surface area contributed by atoms with Crippen molar-refractivity contribution in [1.82, 2.24) is 0 Å². The first-order valence-electron chi connectivity index (χ1n) is 19.6. The lowest BCUT2D eigenvalue weighted by Crippen LogP contribution is -2.09. The zero-order chi connectivity index (χ0) is 38.2. The van der Waals surface area contributed by atoms with Gasteiger partial charge in [0.05, 0.1) is 0 Å². The van der Waals surface area contributed by atoms with E-state index in [1.807, 2.05) is 12.1 Å². The molecule has 0 aliphatic carbocycles. The highest BCUT2D eigenvalue weighted by Gasteiger charge is 2.20. The normalized spacial score (nSPS) is 11.8. The molecule has 0 radical (unpaired) electrons. The van der Waals surface area contributed by atoms with E-state index in [2.05, 4.69) is 193 Å². The largest absolute Gasteiger partial charge is 0.456 e. The Labute approximate surface area is 333 Å². The lowest BCUT2D eigenvalue weighted by atomic mass is 9.94. The minimum Gasteiger partial charge on any atom is -0.456 e. The molecule has 0 saturated heterocycles. The van der Waals surface area contributed by atoms with Crippen molar-refractivity contribution in [3.05, 3.63) is 200 Å². The van der Waals surface area contributed by atoms with Crippen LogP contribution in [0.5, 0.6) is 0 Å². The summed E-state index contributed by atoms with van der Waals surface area (Å²) < 4.78 is 19.5. The Morgan fingerprint density at radius 3 is 1.47 bits per heavy atom. The number of para-hydroxylation sites is 2. The third-order valence-corrected chi connectivity index (χ3v) is 11.5. The Kier molecular flexibility index (Phi) is 7.20. The first-order valence-corrected chi connectivity index (χ1v) is 19.6. The Morgan fingerprint density at radius 2 is 0.759 bits per heavy atom. The predicted octanol–water partition coefficient (Wildman–Crippen LogP) is 15.9. The summed E-state index contributed by atoms with van der Waals surface area (Å²) in [5, 5.41) is 6.52. The first-order chi connectivity index (χ1) is 28.7. The molecule has 12 rings (SSSR count). The highest BCUT2D eigenvalue weighted by atomic mass is 16.3.